The fraction of sp³-hybridized carbons (Fsp3) is 0.364. The lowest BCUT2D eigenvalue weighted by molar-refractivity contribution is 0.0952. The van der Waals surface area contributed by atoms with Gasteiger partial charge in [0.1, 0.15) is 5.75 Å². The highest BCUT2D eigenvalue weighted by Gasteiger charge is 2.06. The van der Waals surface area contributed by atoms with Crippen molar-refractivity contribution >= 4 is 11.9 Å². The molecule has 2 rings (SSSR count). The average molecular weight is 383 g/mol. The Morgan fingerprint density at radius 3 is 2.32 bits per heavy atom. The summed E-state index contributed by atoms with van der Waals surface area (Å²) in [5.41, 5.74) is 1.55. The second-order valence-corrected chi connectivity index (χ2v) is 6.80. The number of hydrogen-bond donors (Lipinski definition) is 3. The van der Waals surface area contributed by atoms with E-state index in [-0.39, 0.29) is 18.0 Å². The number of carbonyl (C=O) groups excluding carboxylic acids is 2. The molecule has 3 amide bonds. The van der Waals surface area contributed by atoms with Crippen molar-refractivity contribution in [2.45, 2.75) is 39.3 Å². The highest BCUT2D eigenvalue weighted by molar-refractivity contribution is 5.94. The summed E-state index contributed by atoms with van der Waals surface area (Å²) in [6.45, 7) is 5.47. The Bertz CT molecular complexity index is 730. The van der Waals surface area contributed by atoms with E-state index >= 15 is 0 Å². The standard InChI is InChI=1S/C22H29N3O3/c1-17(2)25-22(27)24-16-18-10-12-19(13-11-18)21(26)23-14-6-7-15-28-20-8-4-3-5-9-20/h3-5,8-13,17H,6-7,14-16H2,1-2H3,(H,23,26)(H2,24,25,27). The topological polar surface area (TPSA) is 79.5 Å². The molecule has 0 aliphatic heterocycles. The number of carbonyl (C=O) groups is 2. The first-order valence-electron chi connectivity index (χ1n) is 9.64. The molecule has 0 spiro atoms. The van der Waals surface area contributed by atoms with Crippen LogP contribution < -0.4 is 20.7 Å². The number of hydrogen-bond acceptors (Lipinski definition) is 3. The Morgan fingerprint density at radius 2 is 1.64 bits per heavy atom. The van der Waals surface area contributed by atoms with Crippen molar-refractivity contribution in [3.05, 3.63) is 65.7 Å². The summed E-state index contributed by atoms with van der Waals surface area (Å²) in [4.78, 5) is 23.8. The summed E-state index contributed by atoms with van der Waals surface area (Å²) in [7, 11) is 0. The smallest absolute Gasteiger partial charge is 0.315 e. The van der Waals surface area contributed by atoms with Gasteiger partial charge in [0.05, 0.1) is 6.61 Å². The third-order valence-corrected chi connectivity index (χ3v) is 3.96. The minimum absolute atomic E-state index is 0.0935. The number of urea groups is 1. The number of rotatable bonds is 10. The molecule has 0 radical (unpaired) electrons. The van der Waals surface area contributed by atoms with E-state index in [1.807, 2.05) is 56.3 Å². The van der Waals surface area contributed by atoms with Crippen LogP contribution in [0.3, 0.4) is 0 Å². The van der Waals surface area contributed by atoms with Crippen LogP contribution in [0.2, 0.25) is 0 Å². The fourth-order valence-electron chi connectivity index (χ4n) is 2.51. The first-order valence-corrected chi connectivity index (χ1v) is 9.64. The lowest BCUT2D eigenvalue weighted by Crippen LogP contribution is -2.39. The number of amides is 3. The molecule has 2 aromatic rings. The van der Waals surface area contributed by atoms with E-state index in [4.69, 9.17) is 4.74 Å². The minimum atomic E-state index is -0.201. The van der Waals surface area contributed by atoms with Crippen molar-refractivity contribution in [2.24, 2.45) is 0 Å². The third kappa shape index (κ3) is 8.12. The quantitative estimate of drug-likeness (QED) is 0.550. The number of nitrogens with one attached hydrogen (secondary N) is 3. The van der Waals surface area contributed by atoms with Crippen LogP contribution in [0, 0.1) is 0 Å². The van der Waals surface area contributed by atoms with Crippen LogP contribution in [-0.4, -0.2) is 31.1 Å². The molecule has 0 aromatic heterocycles. The molecule has 3 N–H and O–H groups in total. The molecule has 0 atom stereocenters. The van der Waals surface area contributed by atoms with Gasteiger partial charge in [0.15, 0.2) is 0 Å². The molecule has 0 unspecified atom stereocenters. The SMILES string of the molecule is CC(C)NC(=O)NCc1ccc(C(=O)NCCCCOc2ccccc2)cc1. The van der Waals surface area contributed by atoms with Gasteiger partial charge in [-0.3, -0.25) is 4.79 Å². The van der Waals surface area contributed by atoms with Gasteiger partial charge in [0.2, 0.25) is 0 Å². The second-order valence-electron chi connectivity index (χ2n) is 6.80. The van der Waals surface area contributed by atoms with Gasteiger partial charge in [-0.05, 0) is 56.5 Å². The van der Waals surface area contributed by atoms with Gasteiger partial charge in [-0.15, -0.1) is 0 Å². The Kier molecular flexibility index (Phi) is 8.85. The van der Waals surface area contributed by atoms with Crippen LogP contribution in [0.1, 0.15) is 42.6 Å². The number of ether oxygens (including phenoxy) is 1. The van der Waals surface area contributed by atoms with E-state index in [1.165, 1.54) is 0 Å². The van der Waals surface area contributed by atoms with Crippen molar-refractivity contribution in [2.75, 3.05) is 13.2 Å². The molecule has 0 saturated heterocycles. The lowest BCUT2D eigenvalue weighted by atomic mass is 10.1. The van der Waals surface area contributed by atoms with Gasteiger partial charge in [0.25, 0.3) is 5.91 Å². The summed E-state index contributed by atoms with van der Waals surface area (Å²) in [6, 6.07) is 16.8. The molecule has 0 bridgehead atoms. The summed E-state index contributed by atoms with van der Waals surface area (Å²) < 4.78 is 5.62. The summed E-state index contributed by atoms with van der Waals surface area (Å²) in [6.07, 6.45) is 1.73. The third-order valence-electron chi connectivity index (χ3n) is 3.96. The van der Waals surface area contributed by atoms with Gasteiger partial charge < -0.3 is 20.7 Å². The molecular formula is C22H29N3O3. The van der Waals surface area contributed by atoms with Crippen molar-refractivity contribution in [3.8, 4) is 5.75 Å². The van der Waals surface area contributed by atoms with Crippen LogP contribution in [0.4, 0.5) is 4.79 Å². The van der Waals surface area contributed by atoms with Gasteiger partial charge in [-0.2, -0.15) is 0 Å². The van der Waals surface area contributed by atoms with Crippen molar-refractivity contribution < 1.29 is 14.3 Å². The predicted molar refractivity (Wildman–Crippen MR) is 110 cm³/mol. The Hall–Kier alpha value is -3.02. The molecule has 0 fully saturated rings. The monoisotopic (exact) mass is 383 g/mol. The van der Waals surface area contributed by atoms with Crippen molar-refractivity contribution in [1.29, 1.82) is 0 Å². The highest BCUT2D eigenvalue weighted by Crippen LogP contribution is 2.09. The number of unbranched alkanes of at least 4 members (excludes halogenated alkanes) is 1. The Labute approximate surface area is 166 Å². The minimum Gasteiger partial charge on any atom is -0.494 e. The molecule has 0 heterocycles. The van der Waals surface area contributed by atoms with E-state index in [0.717, 1.165) is 24.2 Å². The van der Waals surface area contributed by atoms with Crippen LogP contribution in [0.5, 0.6) is 5.75 Å². The number of para-hydroxylation sites is 1. The first-order chi connectivity index (χ1) is 13.5. The summed E-state index contributed by atoms with van der Waals surface area (Å²) in [5.74, 6) is 0.767. The van der Waals surface area contributed by atoms with E-state index in [2.05, 4.69) is 16.0 Å². The van der Waals surface area contributed by atoms with E-state index in [1.54, 1.807) is 12.1 Å². The predicted octanol–water partition coefficient (Wildman–Crippen LogP) is 3.48. The maximum Gasteiger partial charge on any atom is 0.315 e. The largest absolute Gasteiger partial charge is 0.494 e. The molecule has 0 saturated carbocycles. The van der Waals surface area contributed by atoms with Crippen LogP contribution >= 0.6 is 0 Å². The van der Waals surface area contributed by atoms with E-state index in [9.17, 15) is 9.59 Å². The van der Waals surface area contributed by atoms with Crippen molar-refractivity contribution in [3.63, 3.8) is 0 Å². The van der Waals surface area contributed by atoms with Gasteiger partial charge in [-0.25, -0.2) is 4.79 Å². The fourth-order valence-corrected chi connectivity index (χ4v) is 2.51. The number of benzene rings is 2. The zero-order valence-electron chi connectivity index (χ0n) is 16.5. The van der Waals surface area contributed by atoms with Crippen LogP contribution in [0.15, 0.2) is 54.6 Å². The highest BCUT2D eigenvalue weighted by atomic mass is 16.5. The lowest BCUT2D eigenvalue weighted by Gasteiger charge is -2.10. The van der Waals surface area contributed by atoms with Crippen LogP contribution in [0.25, 0.3) is 0 Å². The van der Waals surface area contributed by atoms with Gasteiger partial charge in [0, 0.05) is 24.7 Å². The molecule has 150 valence electrons. The second kappa shape index (κ2) is 11.6. The molecule has 0 aliphatic rings. The average Bonchev–Trinajstić information content (AvgIpc) is 2.69. The molecule has 28 heavy (non-hydrogen) atoms. The van der Waals surface area contributed by atoms with Gasteiger partial charge in [-0.1, -0.05) is 30.3 Å². The summed E-state index contributed by atoms with van der Waals surface area (Å²) >= 11 is 0. The zero-order chi connectivity index (χ0) is 20.2. The Balaban J connectivity index is 1.62. The molecule has 6 nitrogen and oxygen atoms in total. The van der Waals surface area contributed by atoms with Gasteiger partial charge >= 0.3 is 6.03 Å². The van der Waals surface area contributed by atoms with E-state index in [0.29, 0.717) is 25.3 Å². The van der Waals surface area contributed by atoms with E-state index < -0.39 is 0 Å². The zero-order valence-corrected chi connectivity index (χ0v) is 16.5. The first kappa shape index (κ1) is 21.3. The molecule has 2 aromatic carbocycles. The summed E-state index contributed by atoms with van der Waals surface area (Å²) in [5, 5.41) is 8.46. The molecular weight excluding hydrogens is 354 g/mol. The van der Waals surface area contributed by atoms with Crippen LogP contribution in [-0.2, 0) is 6.54 Å². The Morgan fingerprint density at radius 1 is 0.929 bits per heavy atom. The maximum absolute atomic E-state index is 12.2. The van der Waals surface area contributed by atoms with Crippen molar-refractivity contribution in [1.82, 2.24) is 16.0 Å². The maximum atomic E-state index is 12.2. The normalized spacial score (nSPS) is 10.4. The molecule has 0 aliphatic carbocycles. The molecule has 6 heteroatoms.